The van der Waals surface area contributed by atoms with E-state index in [1.165, 1.54) is 38.5 Å². The highest BCUT2D eigenvalue weighted by Crippen LogP contribution is 2.73. The lowest BCUT2D eigenvalue weighted by Crippen LogP contribution is -2.37. The molecule has 0 radical (unpaired) electrons. The maximum Gasteiger partial charge on any atom is 0.0219 e. The van der Waals surface area contributed by atoms with Crippen molar-refractivity contribution in [3.8, 4) is 0 Å². The van der Waals surface area contributed by atoms with E-state index < -0.39 is 0 Å². The smallest absolute Gasteiger partial charge is 0.0219 e. The molecule has 194 valence electrons. The fourth-order valence-corrected chi connectivity index (χ4v) is 14.7. The third kappa shape index (κ3) is 1.31. The quantitative estimate of drug-likeness (QED) is 0.168. The summed E-state index contributed by atoms with van der Waals surface area (Å²) in [4.78, 5) is 0. The van der Waals surface area contributed by atoms with E-state index in [4.69, 9.17) is 0 Å². The SMILES string of the molecule is C1=C2CC3Cc4cc5c6c7c(cc8c9c%10c%11c(cc%12c%11c%11c(c%13c2c3c2c4c6c3c2c%13c%11c%10c3c79)C12CCCCC%122)C8)C5. The number of rotatable bonds is 0. The maximum absolute atomic E-state index is 2.94. The van der Waals surface area contributed by atoms with E-state index in [0.29, 0.717) is 11.8 Å². The molecule has 17 rings (SSSR count). The third-order valence-electron chi connectivity index (χ3n) is 15.4. The van der Waals surface area contributed by atoms with E-state index in [-0.39, 0.29) is 5.41 Å². The van der Waals surface area contributed by atoms with Crippen LogP contribution in [0.4, 0.5) is 0 Å². The van der Waals surface area contributed by atoms with Gasteiger partial charge in [0.15, 0.2) is 0 Å². The van der Waals surface area contributed by atoms with E-state index in [9.17, 15) is 0 Å². The first-order valence-corrected chi connectivity index (χ1v) is 17.1. The third-order valence-corrected chi connectivity index (χ3v) is 15.4. The molecule has 1 spiro atoms. The molecular weight excluding hydrogens is 516 g/mol. The van der Waals surface area contributed by atoms with Gasteiger partial charge in [0.05, 0.1) is 0 Å². The van der Waals surface area contributed by atoms with Crippen LogP contribution in [-0.4, -0.2) is 0 Å². The largest absolute Gasteiger partial charge is 0.0694 e. The van der Waals surface area contributed by atoms with Crippen molar-refractivity contribution in [1.82, 2.24) is 0 Å². The van der Waals surface area contributed by atoms with Crippen molar-refractivity contribution in [3.05, 3.63) is 74.3 Å². The second-order valence-electron chi connectivity index (χ2n) is 16.4. The molecular formula is C43H22. The van der Waals surface area contributed by atoms with Gasteiger partial charge in [0, 0.05) is 5.41 Å². The zero-order valence-corrected chi connectivity index (χ0v) is 23.6. The Morgan fingerprint density at radius 1 is 0.512 bits per heavy atom. The Labute approximate surface area is 244 Å². The molecule has 0 N–H and O–H groups in total. The van der Waals surface area contributed by atoms with Gasteiger partial charge in [-0.05, 0) is 203 Å². The van der Waals surface area contributed by atoms with Gasteiger partial charge < -0.3 is 0 Å². The minimum Gasteiger partial charge on any atom is -0.0694 e. The summed E-state index contributed by atoms with van der Waals surface area (Å²) in [5.74, 6) is 1.32. The Morgan fingerprint density at radius 3 is 1.93 bits per heavy atom. The standard InChI is InChI=1S/C43H22/c1-2-4-43-12-19-10-17-8-15-6-13-5-14-7-16-9-18-11-20(21(43)3-1)29-25(18)33-27(16)31-23(14)22(13)30-26(15)32-24(17)28(19)40-38-36(32)34(30)35(31)37(33)39(38)41(29)42(40)43/h6-7,11-12,17,21H,1-5,8-10H2. The summed E-state index contributed by atoms with van der Waals surface area (Å²) in [6, 6.07) is 8.18. The number of hydrogen-bond donors (Lipinski definition) is 0. The van der Waals surface area contributed by atoms with Crippen LogP contribution >= 0.6 is 0 Å². The molecule has 10 aromatic carbocycles. The van der Waals surface area contributed by atoms with Gasteiger partial charge in [-0.3, -0.25) is 0 Å². The average Bonchev–Trinajstić information content (AvgIpc) is 3.83. The van der Waals surface area contributed by atoms with Gasteiger partial charge in [-0.25, -0.2) is 0 Å². The van der Waals surface area contributed by atoms with Crippen LogP contribution in [0.5, 0.6) is 0 Å². The average molecular weight is 539 g/mol. The Morgan fingerprint density at radius 2 is 1.12 bits per heavy atom. The lowest BCUT2D eigenvalue weighted by molar-refractivity contribution is 0.308. The van der Waals surface area contributed by atoms with Crippen molar-refractivity contribution >= 4 is 103 Å². The molecule has 0 aromatic heterocycles. The molecule has 7 aliphatic carbocycles. The fourth-order valence-electron chi connectivity index (χ4n) is 14.7. The van der Waals surface area contributed by atoms with Crippen molar-refractivity contribution in [2.75, 3.05) is 0 Å². The van der Waals surface area contributed by atoms with Crippen LogP contribution in [0.15, 0.2) is 24.3 Å². The van der Waals surface area contributed by atoms with E-state index in [1.54, 1.807) is 147 Å². The minimum absolute atomic E-state index is 0.205. The van der Waals surface area contributed by atoms with Crippen LogP contribution in [0.2, 0.25) is 0 Å². The molecule has 1 saturated carbocycles. The number of allylic oxidation sites excluding steroid dienone is 2. The summed E-state index contributed by atoms with van der Waals surface area (Å²) in [5, 5.41) is 30.5. The molecule has 3 unspecified atom stereocenters. The molecule has 7 aliphatic rings. The van der Waals surface area contributed by atoms with Gasteiger partial charge in [-0.1, -0.05) is 37.1 Å². The highest BCUT2D eigenvalue weighted by Gasteiger charge is 2.54. The molecule has 3 atom stereocenters. The van der Waals surface area contributed by atoms with Crippen molar-refractivity contribution in [2.24, 2.45) is 0 Å². The predicted molar refractivity (Wildman–Crippen MR) is 179 cm³/mol. The van der Waals surface area contributed by atoms with E-state index in [1.807, 2.05) is 5.56 Å². The summed E-state index contributed by atoms with van der Waals surface area (Å²) >= 11 is 0. The van der Waals surface area contributed by atoms with E-state index >= 15 is 0 Å². The van der Waals surface area contributed by atoms with Crippen molar-refractivity contribution in [2.45, 2.75) is 68.6 Å². The number of fused-ring (bicyclic) bond motifs is 1. The first-order chi connectivity index (χ1) is 21.3. The van der Waals surface area contributed by atoms with Crippen LogP contribution in [0.3, 0.4) is 0 Å². The summed E-state index contributed by atoms with van der Waals surface area (Å²) in [6.07, 6.45) is 13.2. The molecule has 0 heterocycles. The molecule has 0 bridgehead atoms. The predicted octanol–water partition coefficient (Wildman–Crippen LogP) is 10.8. The van der Waals surface area contributed by atoms with Gasteiger partial charge in [-0.2, -0.15) is 0 Å². The topological polar surface area (TPSA) is 0 Å². The van der Waals surface area contributed by atoms with Crippen LogP contribution in [0.1, 0.15) is 94.0 Å². The van der Waals surface area contributed by atoms with Crippen molar-refractivity contribution in [1.29, 1.82) is 0 Å². The summed E-state index contributed by atoms with van der Waals surface area (Å²) < 4.78 is 0. The zero-order chi connectivity index (χ0) is 26.3. The maximum atomic E-state index is 2.94. The summed E-state index contributed by atoms with van der Waals surface area (Å²) in [6.45, 7) is 0. The Kier molecular flexibility index (Phi) is 2.05. The van der Waals surface area contributed by atoms with E-state index in [0.717, 1.165) is 12.8 Å². The lowest BCUT2D eigenvalue weighted by atomic mass is 9.55. The van der Waals surface area contributed by atoms with Gasteiger partial charge >= 0.3 is 0 Å². The zero-order valence-electron chi connectivity index (χ0n) is 23.6. The monoisotopic (exact) mass is 538 g/mol. The molecule has 43 heavy (non-hydrogen) atoms. The Bertz CT molecular complexity index is 3210. The number of benzene rings is 6. The summed E-state index contributed by atoms with van der Waals surface area (Å²) in [7, 11) is 0. The highest BCUT2D eigenvalue weighted by molar-refractivity contribution is 6.62. The van der Waals surface area contributed by atoms with Gasteiger partial charge in [-0.15, -0.1) is 0 Å². The van der Waals surface area contributed by atoms with Crippen LogP contribution in [-0.2, 0) is 24.7 Å². The Hall–Kier alpha value is -4.16. The van der Waals surface area contributed by atoms with Crippen LogP contribution < -0.4 is 0 Å². The fraction of sp³-hybridized carbons (Fsp3) is 0.256. The number of hydrogen-bond acceptors (Lipinski definition) is 0. The van der Waals surface area contributed by atoms with Gasteiger partial charge in [0.1, 0.15) is 0 Å². The minimum atomic E-state index is 0.205. The van der Waals surface area contributed by atoms with Crippen molar-refractivity contribution < 1.29 is 0 Å². The van der Waals surface area contributed by atoms with Gasteiger partial charge in [0.2, 0.25) is 0 Å². The Balaban J connectivity index is 1.40. The second kappa shape index (κ2) is 4.76. The van der Waals surface area contributed by atoms with E-state index in [2.05, 4.69) is 24.3 Å². The first kappa shape index (κ1) is 18.5. The highest BCUT2D eigenvalue weighted by atomic mass is 14.6. The van der Waals surface area contributed by atoms with Gasteiger partial charge in [0.25, 0.3) is 0 Å². The molecule has 0 amide bonds. The lowest BCUT2D eigenvalue weighted by Gasteiger charge is -2.47. The molecule has 0 aliphatic heterocycles. The molecule has 0 saturated heterocycles. The summed E-state index contributed by atoms with van der Waals surface area (Å²) in [5.41, 5.74) is 17.3. The second-order valence-corrected chi connectivity index (χ2v) is 16.4. The van der Waals surface area contributed by atoms with Crippen LogP contribution in [0, 0.1) is 0 Å². The molecule has 10 aromatic rings. The van der Waals surface area contributed by atoms with Crippen LogP contribution in [0.25, 0.3) is 103 Å². The van der Waals surface area contributed by atoms with Crippen molar-refractivity contribution in [3.63, 3.8) is 0 Å². The normalized spacial score (nSPS) is 27.0. The molecule has 1 fully saturated rings. The molecule has 0 nitrogen and oxygen atoms in total. The first-order valence-electron chi connectivity index (χ1n) is 17.1. The molecule has 0 heteroatoms.